The molecule has 1 amide bonds. The summed E-state index contributed by atoms with van der Waals surface area (Å²) in [5.41, 5.74) is 1.45. The minimum absolute atomic E-state index is 0.253. The molecule has 2 aromatic rings. The Morgan fingerprint density at radius 2 is 2.17 bits per heavy atom. The topological polar surface area (TPSA) is 46.1 Å². The van der Waals surface area contributed by atoms with E-state index in [-0.39, 0.29) is 5.91 Å². The summed E-state index contributed by atoms with van der Waals surface area (Å²) < 4.78 is 0. The lowest BCUT2D eigenvalue weighted by atomic mass is 9.97. The van der Waals surface area contributed by atoms with Crippen LogP contribution in [0.3, 0.4) is 0 Å². The molecule has 2 aliphatic rings. The molecule has 1 atom stereocenters. The third-order valence-corrected chi connectivity index (χ3v) is 7.35. The third kappa shape index (κ3) is 3.06. The van der Waals surface area contributed by atoms with Gasteiger partial charge >= 0.3 is 0 Å². The highest BCUT2D eigenvalue weighted by Crippen LogP contribution is 2.39. The normalized spacial score (nSPS) is 21.0. The van der Waals surface area contributed by atoms with Crippen molar-refractivity contribution in [1.82, 2.24) is 14.9 Å². The summed E-state index contributed by atoms with van der Waals surface area (Å²) in [5.74, 6) is 0.740. The molecular formula is C18H23N3OS2. The number of hydrogen-bond acceptors (Lipinski definition) is 5. The molecule has 4 rings (SSSR count). The quantitative estimate of drug-likeness (QED) is 0.611. The Bertz CT molecular complexity index is 758. The molecule has 24 heavy (non-hydrogen) atoms. The molecule has 0 N–H and O–H groups in total. The number of aromatic nitrogens is 2. The molecule has 0 saturated carbocycles. The lowest BCUT2D eigenvalue weighted by Gasteiger charge is -2.33. The molecule has 0 radical (unpaired) electrons. The Morgan fingerprint density at radius 3 is 3.04 bits per heavy atom. The number of amides is 1. The van der Waals surface area contributed by atoms with Crippen LogP contribution in [0.15, 0.2) is 11.4 Å². The highest BCUT2D eigenvalue weighted by Gasteiger charge is 2.24. The molecule has 1 aliphatic carbocycles. The second-order valence-corrected chi connectivity index (χ2v) is 8.84. The van der Waals surface area contributed by atoms with E-state index in [0.29, 0.717) is 11.8 Å². The Labute approximate surface area is 151 Å². The minimum Gasteiger partial charge on any atom is -0.339 e. The third-order valence-electron chi connectivity index (χ3n) is 5.17. The maximum atomic E-state index is 12.6. The van der Waals surface area contributed by atoms with Crippen LogP contribution >= 0.6 is 23.1 Å². The summed E-state index contributed by atoms with van der Waals surface area (Å²) in [5, 5.41) is 2.22. The number of likely N-dealkylation sites (tertiary alicyclic amines) is 1. The van der Waals surface area contributed by atoms with Gasteiger partial charge in [-0.05, 0) is 57.4 Å². The molecule has 4 nitrogen and oxygen atoms in total. The number of carbonyl (C=O) groups is 1. The van der Waals surface area contributed by atoms with E-state index in [1.54, 1.807) is 18.1 Å². The first-order valence-corrected chi connectivity index (χ1v) is 10.7. The molecular weight excluding hydrogens is 338 g/mol. The van der Waals surface area contributed by atoms with Crippen molar-refractivity contribution in [2.45, 2.75) is 62.9 Å². The fourth-order valence-corrected chi connectivity index (χ4v) is 6.06. The molecule has 0 unspecified atom stereocenters. The Balaban J connectivity index is 1.54. The standard InChI is InChI=1S/C18H23N3OS2/c1-12-6-4-5-9-21(12)15(22)10-23-17-16-13-7-2-3-8-14(13)24-18(16)20-11-19-17/h11-12H,2-10H2,1H3/t12-/m0/s1. The maximum Gasteiger partial charge on any atom is 0.233 e. The van der Waals surface area contributed by atoms with Crippen LogP contribution in [0.4, 0.5) is 0 Å². The first-order valence-electron chi connectivity index (χ1n) is 8.91. The van der Waals surface area contributed by atoms with Gasteiger partial charge < -0.3 is 4.90 Å². The summed E-state index contributed by atoms with van der Waals surface area (Å²) in [6.07, 6.45) is 10.00. The molecule has 0 bridgehead atoms. The molecule has 0 spiro atoms. The molecule has 0 aromatic carbocycles. The average molecular weight is 362 g/mol. The van der Waals surface area contributed by atoms with Crippen LogP contribution in [0.5, 0.6) is 0 Å². The lowest BCUT2D eigenvalue weighted by molar-refractivity contribution is -0.131. The van der Waals surface area contributed by atoms with E-state index in [1.807, 2.05) is 11.3 Å². The maximum absolute atomic E-state index is 12.6. The zero-order valence-electron chi connectivity index (χ0n) is 14.1. The monoisotopic (exact) mass is 361 g/mol. The number of aryl methyl sites for hydroxylation is 2. The van der Waals surface area contributed by atoms with Crippen molar-refractivity contribution in [1.29, 1.82) is 0 Å². The summed E-state index contributed by atoms with van der Waals surface area (Å²) in [6.45, 7) is 3.08. The van der Waals surface area contributed by atoms with Gasteiger partial charge in [-0.2, -0.15) is 0 Å². The minimum atomic E-state index is 0.253. The molecule has 128 valence electrons. The Kier molecular flexibility index (Phi) is 4.77. The predicted octanol–water partition coefficient (Wildman–Crippen LogP) is 4.06. The van der Waals surface area contributed by atoms with Gasteiger partial charge in [-0.15, -0.1) is 11.3 Å². The van der Waals surface area contributed by atoms with Crippen LogP contribution in [0.25, 0.3) is 10.2 Å². The van der Waals surface area contributed by atoms with E-state index in [9.17, 15) is 4.79 Å². The number of thiophene rings is 1. The molecule has 1 fully saturated rings. The van der Waals surface area contributed by atoms with Gasteiger partial charge in [0.25, 0.3) is 0 Å². The van der Waals surface area contributed by atoms with E-state index in [4.69, 9.17) is 0 Å². The van der Waals surface area contributed by atoms with E-state index >= 15 is 0 Å². The Hall–Kier alpha value is -1.14. The predicted molar refractivity (Wildman–Crippen MR) is 99.8 cm³/mol. The smallest absolute Gasteiger partial charge is 0.233 e. The number of hydrogen-bond donors (Lipinski definition) is 0. The van der Waals surface area contributed by atoms with Crippen molar-refractivity contribution >= 4 is 39.2 Å². The van der Waals surface area contributed by atoms with Crippen LogP contribution in [0.1, 0.15) is 49.5 Å². The van der Waals surface area contributed by atoms with E-state index in [1.165, 1.54) is 41.5 Å². The van der Waals surface area contributed by atoms with Gasteiger partial charge in [0.1, 0.15) is 16.2 Å². The fourth-order valence-electron chi connectivity index (χ4n) is 3.85. The Morgan fingerprint density at radius 1 is 1.29 bits per heavy atom. The van der Waals surface area contributed by atoms with Gasteiger partial charge in [0, 0.05) is 22.8 Å². The van der Waals surface area contributed by atoms with Crippen LogP contribution in [-0.4, -0.2) is 39.1 Å². The molecule has 1 aliphatic heterocycles. The van der Waals surface area contributed by atoms with Crippen molar-refractivity contribution in [2.24, 2.45) is 0 Å². The number of nitrogens with zero attached hydrogens (tertiary/aromatic N) is 3. The highest BCUT2D eigenvalue weighted by molar-refractivity contribution is 8.00. The second kappa shape index (κ2) is 7.00. The first kappa shape index (κ1) is 16.3. The van der Waals surface area contributed by atoms with Crippen LogP contribution in [-0.2, 0) is 17.6 Å². The van der Waals surface area contributed by atoms with Crippen molar-refractivity contribution in [3.05, 3.63) is 16.8 Å². The zero-order valence-corrected chi connectivity index (χ0v) is 15.7. The van der Waals surface area contributed by atoms with Crippen LogP contribution in [0.2, 0.25) is 0 Å². The fraction of sp³-hybridized carbons (Fsp3) is 0.611. The first-order chi connectivity index (χ1) is 11.7. The summed E-state index contributed by atoms with van der Waals surface area (Å²) in [6, 6.07) is 0.381. The summed E-state index contributed by atoms with van der Waals surface area (Å²) in [7, 11) is 0. The molecule has 1 saturated heterocycles. The number of piperidine rings is 1. The summed E-state index contributed by atoms with van der Waals surface area (Å²) >= 11 is 3.41. The highest BCUT2D eigenvalue weighted by atomic mass is 32.2. The van der Waals surface area contributed by atoms with Crippen molar-refractivity contribution in [3.63, 3.8) is 0 Å². The molecule has 6 heteroatoms. The number of fused-ring (bicyclic) bond motifs is 3. The van der Waals surface area contributed by atoms with E-state index < -0.39 is 0 Å². The number of carbonyl (C=O) groups excluding carboxylic acids is 1. The van der Waals surface area contributed by atoms with Gasteiger partial charge in [0.05, 0.1) is 5.75 Å². The number of rotatable bonds is 3. The lowest BCUT2D eigenvalue weighted by Crippen LogP contribution is -2.42. The van der Waals surface area contributed by atoms with Crippen molar-refractivity contribution in [3.8, 4) is 0 Å². The molecule has 3 heterocycles. The van der Waals surface area contributed by atoms with Crippen molar-refractivity contribution in [2.75, 3.05) is 12.3 Å². The van der Waals surface area contributed by atoms with Gasteiger partial charge in [0.15, 0.2) is 0 Å². The molecule has 2 aromatic heterocycles. The largest absolute Gasteiger partial charge is 0.339 e. The SMILES string of the molecule is C[C@H]1CCCCN1C(=O)CSc1ncnc2sc3c(c12)CCCC3. The van der Waals surface area contributed by atoms with E-state index in [0.717, 1.165) is 35.7 Å². The summed E-state index contributed by atoms with van der Waals surface area (Å²) in [4.78, 5) is 26.2. The van der Waals surface area contributed by atoms with Gasteiger partial charge in [0.2, 0.25) is 5.91 Å². The van der Waals surface area contributed by atoms with Gasteiger partial charge in [-0.3, -0.25) is 4.79 Å². The van der Waals surface area contributed by atoms with Crippen LogP contribution in [0, 0.1) is 0 Å². The van der Waals surface area contributed by atoms with Gasteiger partial charge in [-0.25, -0.2) is 9.97 Å². The van der Waals surface area contributed by atoms with E-state index in [2.05, 4.69) is 21.8 Å². The average Bonchev–Trinajstić information content (AvgIpc) is 2.99. The van der Waals surface area contributed by atoms with Crippen LogP contribution < -0.4 is 0 Å². The van der Waals surface area contributed by atoms with Gasteiger partial charge in [-0.1, -0.05) is 11.8 Å². The van der Waals surface area contributed by atoms with Crippen molar-refractivity contribution < 1.29 is 4.79 Å². The number of thioether (sulfide) groups is 1. The zero-order chi connectivity index (χ0) is 16.5. The second-order valence-electron chi connectivity index (χ2n) is 6.79.